The van der Waals surface area contributed by atoms with E-state index >= 15 is 0 Å². The molecule has 1 aromatic heterocycles. The van der Waals surface area contributed by atoms with Gasteiger partial charge in [0.25, 0.3) is 0 Å². The first-order chi connectivity index (χ1) is 27.1. The SMILES string of the molecule is [2H]c1cc2c(-c3c([2H])c([2H])c([2H])c([2H])c3[2H])c3c([2H])c([2H])c([2H])c([2H])c3c(-c3c([2H])c([2H])c([2H])c4c3oc3c([2H])c5c([2H])c([2H])c([2H])c([2H])c5c([2H])c34)c2c([2H])c1[2H]. The van der Waals surface area contributed by atoms with Gasteiger partial charge < -0.3 is 4.42 Å². The van der Waals surface area contributed by atoms with Gasteiger partial charge in [-0.2, -0.15) is 0 Å². The molecule has 7 aromatic carbocycles. The average molecular weight is 492 g/mol. The van der Waals surface area contributed by atoms with Crippen molar-refractivity contribution in [3.05, 3.63) is 133 Å². The fourth-order valence-corrected chi connectivity index (χ4v) is 4.63. The maximum atomic E-state index is 9.27. The third-order valence-electron chi connectivity index (χ3n) is 6.14. The van der Waals surface area contributed by atoms with Gasteiger partial charge in [0.05, 0.1) is 28.8 Å². The predicted octanol–water partition coefficient (Wildman–Crippen LogP) is 10.4. The van der Waals surface area contributed by atoms with E-state index in [1.165, 1.54) is 0 Å². The Morgan fingerprint density at radius 1 is 0.459 bits per heavy atom. The van der Waals surface area contributed by atoms with Crippen molar-refractivity contribution < 1.29 is 33.2 Å². The smallest absolute Gasteiger partial charge is 0.143 e. The van der Waals surface area contributed by atoms with Gasteiger partial charge in [0.15, 0.2) is 0 Å². The molecule has 8 rings (SSSR count). The second-order valence-corrected chi connectivity index (χ2v) is 8.09. The Morgan fingerprint density at radius 3 is 1.89 bits per heavy atom. The third-order valence-corrected chi connectivity index (χ3v) is 6.14. The van der Waals surface area contributed by atoms with E-state index in [9.17, 15) is 4.11 Å². The molecule has 0 spiro atoms. The van der Waals surface area contributed by atoms with Gasteiger partial charge in [-0.3, -0.25) is 0 Å². The molecule has 0 saturated heterocycles. The van der Waals surface area contributed by atoms with Crippen LogP contribution in [-0.2, 0) is 0 Å². The Bertz CT molecular complexity index is 3270. The number of rotatable bonds is 2. The Morgan fingerprint density at radius 2 is 1.08 bits per heavy atom. The molecule has 0 aliphatic heterocycles. The molecular formula is C36H22O. The number of furan rings is 1. The average Bonchev–Trinajstić information content (AvgIpc) is 3.60. The number of benzene rings is 7. The molecule has 172 valence electrons. The number of hydrogen-bond acceptors (Lipinski definition) is 1. The van der Waals surface area contributed by atoms with E-state index in [0.717, 1.165) is 6.07 Å². The minimum Gasteiger partial charge on any atom is -0.455 e. The summed E-state index contributed by atoms with van der Waals surface area (Å²) in [5.41, 5.74) is -3.02. The zero-order chi connectivity index (χ0) is 42.6. The first-order valence-corrected chi connectivity index (χ1v) is 11.0. The fraction of sp³-hybridized carbons (Fsp3) is 0. The Hall–Kier alpha value is -4.88. The highest BCUT2D eigenvalue weighted by Gasteiger charge is 2.20. The monoisotopic (exact) mass is 491 g/mol. The van der Waals surface area contributed by atoms with Crippen LogP contribution in [0.5, 0.6) is 0 Å². The normalized spacial score (nSPS) is 19.7. The molecule has 0 fully saturated rings. The summed E-state index contributed by atoms with van der Waals surface area (Å²) in [5, 5.41) is -3.35. The van der Waals surface area contributed by atoms with Crippen molar-refractivity contribution in [1.29, 1.82) is 0 Å². The van der Waals surface area contributed by atoms with Crippen LogP contribution in [0, 0.1) is 0 Å². The van der Waals surface area contributed by atoms with Crippen LogP contribution in [0.4, 0.5) is 0 Å². The zero-order valence-corrected chi connectivity index (χ0v) is 18.5. The molecule has 1 heterocycles. The highest BCUT2D eigenvalue weighted by molar-refractivity contribution is 6.24. The quantitative estimate of drug-likeness (QED) is 0.219. The summed E-state index contributed by atoms with van der Waals surface area (Å²) in [6, 6.07) is -14.9. The second kappa shape index (κ2) is 7.81. The van der Waals surface area contributed by atoms with Crippen LogP contribution in [0.3, 0.4) is 0 Å². The largest absolute Gasteiger partial charge is 0.455 e. The van der Waals surface area contributed by atoms with Gasteiger partial charge in [-0.25, -0.2) is 0 Å². The van der Waals surface area contributed by atoms with Gasteiger partial charge in [-0.1, -0.05) is 121 Å². The van der Waals surface area contributed by atoms with E-state index in [0.29, 0.717) is 0 Å². The van der Waals surface area contributed by atoms with Crippen molar-refractivity contribution in [1.82, 2.24) is 0 Å². The maximum Gasteiger partial charge on any atom is 0.143 e. The predicted molar refractivity (Wildman–Crippen MR) is 157 cm³/mol. The van der Waals surface area contributed by atoms with E-state index < -0.39 is 193 Å². The van der Waals surface area contributed by atoms with Crippen molar-refractivity contribution in [3.8, 4) is 22.3 Å². The van der Waals surface area contributed by atoms with Gasteiger partial charge in [0.2, 0.25) is 0 Å². The van der Waals surface area contributed by atoms with E-state index in [4.69, 9.17) is 29.1 Å². The summed E-state index contributed by atoms with van der Waals surface area (Å²) < 4.78 is 190. The molecule has 8 aromatic rings. The van der Waals surface area contributed by atoms with Crippen LogP contribution in [-0.4, -0.2) is 0 Å². The van der Waals surface area contributed by atoms with Crippen LogP contribution in [0.25, 0.3) is 76.5 Å². The summed E-state index contributed by atoms with van der Waals surface area (Å²) >= 11 is 0. The van der Waals surface area contributed by atoms with E-state index in [1.807, 2.05) is 0 Å². The van der Waals surface area contributed by atoms with Crippen molar-refractivity contribution >= 4 is 54.3 Å². The van der Waals surface area contributed by atoms with E-state index in [-0.39, 0.29) is 10.8 Å². The lowest BCUT2D eigenvalue weighted by molar-refractivity contribution is 0.670. The molecule has 0 aliphatic rings. The van der Waals surface area contributed by atoms with Crippen LogP contribution in [0.2, 0.25) is 0 Å². The van der Waals surface area contributed by atoms with Crippen molar-refractivity contribution in [2.45, 2.75) is 0 Å². The molecule has 0 amide bonds. The highest BCUT2D eigenvalue weighted by atomic mass is 16.3. The molecule has 0 saturated carbocycles. The van der Waals surface area contributed by atoms with E-state index in [1.54, 1.807) is 0 Å². The summed E-state index contributed by atoms with van der Waals surface area (Å²) in [5.74, 6) is 0. The molecule has 0 atom stereocenters. The minimum absolute atomic E-state index is 0.320. The molecule has 0 N–H and O–H groups in total. The zero-order valence-electron chi connectivity index (χ0n) is 39.5. The lowest BCUT2D eigenvalue weighted by Crippen LogP contribution is -1.90. The first-order valence-electron chi connectivity index (χ1n) is 21.5. The van der Waals surface area contributed by atoms with Gasteiger partial charge >= 0.3 is 0 Å². The Balaban J connectivity index is 1.75. The van der Waals surface area contributed by atoms with Crippen LogP contribution < -0.4 is 0 Å². The highest BCUT2D eigenvalue weighted by Crippen LogP contribution is 2.46. The summed E-state index contributed by atoms with van der Waals surface area (Å²) in [7, 11) is 0. The number of para-hydroxylation sites is 1. The molecule has 0 unspecified atom stereocenters. The summed E-state index contributed by atoms with van der Waals surface area (Å²) in [4.78, 5) is 0. The summed E-state index contributed by atoms with van der Waals surface area (Å²) in [6.07, 6.45) is 0. The van der Waals surface area contributed by atoms with Gasteiger partial charge in [-0.15, -0.1) is 0 Å². The standard InChI is InChI=1S/C36H22O/c1-2-11-23(12-3-1)34-26-15-6-8-17-28(26)35(29-18-9-7-16-27(29)34)31-20-10-19-30-32-21-24-13-4-5-14-25(24)22-33(32)37-36(30)31/h1-22H/i1D,2D,3D,4D,5D,6D,7D,8D,9D,10D,11D,12D,13D,14D,15D,17D,18D,19D,20D,21D,22D. The minimum atomic E-state index is -0.855. The van der Waals surface area contributed by atoms with Crippen molar-refractivity contribution in [2.24, 2.45) is 0 Å². The van der Waals surface area contributed by atoms with Crippen LogP contribution in [0.1, 0.15) is 28.8 Å². The topological polar surface area (TPSA) is 13.1 Å². The second-order valence-electron chi connectivity index (χ2n) is 8.09. The van der Waals surface area contributed by atoms with Crippen LogP contribution >= 0.6 is 0 Å². The molecule has 1 heteroatoms. The fourth-order valence-electron chi connectivity index (χ4n) is 4.63. The first kappa shape index (κ1) is 8.61. The van der Waals surface area contributed by atoms with Crippen molar-refractivity contribution in [2.75, 3.05) is 0 Å². The molecule has 37 heavy (non-hydrogen) atoms. The van der Waals surface area contributed by atoms with Crippen LogP contribution in [0.15, 0.2) is 137 Å². The van der Waals surface area contributed by atoms with E-state index in [2.05, 4.69) is 0 Å². The van der Waals surface area contributed by atoms with Gasteiger partial charge in [-0.05, 0) is 55.5 Å². The number of fused-ring (bicyclic) bond motifs is 6. The molecule has 0 bridgehead atoms. The molecule has 0 radical (unpaired) electrons. The van der Waals surface area contributed by atoms with Crippen molar-refractivity contribution in [3.63, 3.8) is 0 Å². The van der Waals surface area contributed by atoms with Gasteiger partial charge in [0.1, 0.15) is 11.2 Å². The lowest BCUT2D eigenvalue weighted by Gasteiger charge is -2.17. The maximum absolute atomic E-state index is 9.27. The van der Waals surface area contributed by atoms with Gasteiger partial charge in [0, 0.05) is 21.9 Å². The Kier molecular flexibility index (Phi) is 1.82. The molecule has 0 aliphatic carbocycles. The number of hydrogen-bond donors (Lipinski definition) is 0. The molecule has 1 nitrogen and oxygen atoms in total. The lowest BCUT2D eigenvalue weighted by atomic mass is 9.85. The Labute approximate surface area is 243 Å². The summed E-state index contributed by atoms with van der Waals surface area (Å²) in [6.45, 7) is 0. The molecular weight excluding hydrogens is 448 g/mol. The third kappa shape index (κ3) is 2.98.